The molecule has 8 heteroatoms. The van der Waals surface area contributed by atoms with Gasteiger partial charge in [-0.2, -0.15) is 13.2 Å². The zero-order valence-corrected chi connectivity index (χ0v) is 17.1. The molecular weight excluding hydrogens is 413 g/mol. The maximum atomic E-state index is 13.1. The highest BCUT2D eigenvalue weighted by Gasteiger charge is 2.31. The monoisotopic (exact) mass is 432 g/mol. The van der Waals surface area contributed by atoms with Crippen LogP contribution in [0.4, 0.5) is 18.9 Å². The van der Waals surface area contributed by atoms with Crippen LogP contribution in [-0.4, -0.2) is 18.0 Å². The van der Waals surface area contributed by atoms with Crippen molar-refractivity contribution in [3.8, 4) is 5.75 Å². The summed E-state index contributed by atoms with van der Waals surface area (Å²) in [6.07, 6.45) is -3.69. The summed E-state index contributed by atoms with van der Waals surface area (Å²) in [7, 11) is 1.51. The average Bonchev–Trinajstić information content (AvgIpc) is 2.72. The van der Waals surface area contributed by atoms with Crippen LogP contribution in [0.3, 0.4) is 0 Å². The molecule has 0 fully saturated rings. The standard InChI is InChI=1S/C22H19F3N2O2S/c1-14-8-10-18(29-2)17(12-14)27-21(28)20(15-6-4-3-5-7-15)30-19-11-9-16(13-26-19)22(23,24)25/h3-13,20H,1-2H3,(H,27,28). The Bertz CT molecular complexity index is 1010. The number of nitrogens with zero attached hydrogens (tertiary/aromatic N) is 1. The van der Waals surface area contributed by atoms with E-state index in [1.165, 1.54) is 13.2 Å². The molecule has 3 rings (SSSR count). The van der Waals surface area contributed by atoms with Crippen molar-refractivity contribution in [2.24, 2.45) is 0 Å². The molecule has 0 spiro atoms. The van der Waals surface area contributed by atoms with Gasteiger partial charge in [-0.3, -0.25) is 4.79 Å². The van der Waals surface area contributed by atoms with Crippen molar-refractivity contribution in [3.63, 3.8) is 0 Å². The van der Waals surface area contributed by atoms with E-state index in [2.05, 4.69) is 10.3 Å². The number of anilines is 1. The molecule has 0 aliphatic heterocycles. The number of pyridine rings is 1. The maximum absolute atomic E-state index is 13.1. The lowest BCUT2D eigenvalue weighted by atomic mass is 10.1. The first-order valence-corrected chi connectivity index (χ1v) is 9.86. The number of carbonyl (C=O) groups excluding carboxylic acids is 1. The molecule has 1 amide bonds. The van der Waals surface area contributed by atoms with Crippen LogP contribution in [-0.2, 0) is 11.0 Å². The molecule has 0 saturated carbocycles. The van der Waals surface area contributed by atoms with Crippen LogP contribution in [0.2, 0.25) is 0 Å². The van der Waals surface area contributed by atoms with Crippen LogP contribution < -0.4 is 10.1 Å². The number of hydrogen-bond donors (Lipinski definition) is 1. The van der Waals surface area contributed by atoms with E-state index in [0.29, 0.717) is 22.0 Å². The van der Waals surface area contributed by atoms with Gasteiger partial charge in [0.25, 0.3) is 0 Å². The number of methoxy groups -OCH3 is 1. The third-order valence-corrected chi connectivity index (χ3v) is 5.46. The second kappa shape index (κ2) is 9.21. The first-order chi connectivity index (χ1) is 14.3. The van der Waals surface area contributed by atoms with Gasteiger partial charge in [0.1, 0.15) is 11.0 Å². The van der Waals surface area contributed by atoms with Gasteiger partial charge in [-0.1, -0.05) is 48.2 Å². The lowest BCUT2D eigenvalue weighted by Crippen LogP contribution is -2.19. The van der Waals surface area contributed by atoms with Crippen LogP contribution in [0.15, 0.2) is 71.9 Å². The highest BCUT2D eigenvalue weighted by atomic mass is 32.2. The van der Waals surface area contributed by atoms with Gasteiger partial charge in [-0.25, -0.2) is 4.98 Å². The number of halogens is 3. The second-order valence-electron chi connectivity index (χ2n) is 6.48. The highest BCUT2D eigenvalue weighted by Crippen LogP contribution is 2.37. The lowest BCUT2D eigenvalue weighted by Gasteiger charge is -2.18. The summed E-state index contributed by atoms with van der Waals surface area (Å²) in [4.78, 5) is 17.0. The van der Waals surface area contributed by atoms with E-state index in [1.807, 2.05) is 19.1 Å². The Balaban J connectivity index is 1.88. The van der Waals surface area contributed by atoms with Crippen LogP contribution in [0.5, 0.6) is 5.75 Å². The number of benzene rings is 2. The average molecular weight is 432 g/mol. The summed E-state index contributed by atoms with van der Waals surface area (Å²) in [5.41, 5.74) is 1.33. The van der Waals surface area contributed by atoms with Crippen molar-refractivity contribution in [1.29, 1.82) is 0 Å². The predicted molar refractivity (Wildman–Crippen MR) is 111 cm³/mol. The van der Waals surface area contributed by atoms with Crippen LogP contribution in [0.25, 0.3) is 0 Å². The number of nitrogens with one attached hydrogen (secondary N) is 1. The molecular formula is C22H19F3N2O2S. The Morgan fingerprint density at radius 1 is 1.10 bits per heavy atom. The lowest BCUT2D eigenvalue weighted by molar-refractivity contribution is -0.137. The molecule has 4 nitrogen and oxygen atoms in total. The smallest absolute Gasteiger partial charge is 0.417 e. The van der Waals surface area contributed by atoms with Gasteiger partial charge < -0.3 is 10.1 Å². The van der Waals surface area contributed by atoms with Crippen molar-refractivity contribution in [2.45, 2.75) is 23.4 Å². The van der Waals surface area contributed by atoms with E-state index in [0.717, 1.165) is 29.6 Å². The molecule has 1 heterocycles. The number of ether oxygens (including phenoxy) is 1. The minimum absolute atomic E-state index is 0.309. The Morgan fingerprint density at radius 3 is 2.43 bits per heavy atom. The second-order valence-corrected chi connectivity index (χ2v) is 7.61. The molecule has 1 atom stereocenters. The zero-order valence-electron chi connectivity index (χ0n) is 16.2. The van der Waals surface area contributed by atoms with E-state index >= 15 is 0 Å². The molecule has 0 bridgehead atoms. The van der Waals surface area contributed by atoms with E-state index in [1.54, 1.807) is 36.4 Å². The van der Waals surface area contributed by atoms with Crippen molar-refractivity contribution in [2.75, 3.05) is 12.4 Å². The number of aromatic nitrogens is 1. The number of thioether (sulfide) groups is 1. The van der Waals surface area contributed by atoms with E-state index in [4.69, 9.17) is 4.74 Å². The molecule has 1 unspecified atom stereocenters. The normalized spacial score (nSPS) is 12.3. The van der Waals surface area contributed by atoms with Crippen molar-refractivity contribution >= 4 is 23.4 Å². The minimum atomic E-state index is -4.46. The van der Waals surface area contributed by atoms with Crippen LogP contribution in [0, 0.1) is 6.92 Å². The molecule has 2 aromatic carbocycles. The van der Waals surface area contributed by atoms with E-state index < -0.39 is 17.0 Å². The SMILES string of the molecule is COc1ccc(C)cc1NC(=O)C(Sc1ccc(C(F)(F)F)cn1)c1ccccc1. The number of carbonyl (C=O) groups is 1. The van der Waals surface area contributed by atoms with Crippen molar-refractivity contribution in [1.82, 2.24) is 4.98 Å². The molecule has 0 aliphatic rings. The molecule has 3 aromatic rings. The maximum Gasteiger partial charge on any atom is 0.417 e. The topological polar surface area (TPSA) is 51.2 Å². The number of amides is 1. The fourth-order valence-corrected chi connectivity index (χ4v) is 3.72. The Kier molecular flexibility index (Phi) is 6.66. The Labute approximate surface area is 176 Å². The van der Waals surface area contributed by atoms with E-state index in [-0.39, 0.29) is 5.91 Å². The first-order valence-electron chi connectivity index (χ1n) is 8.98. The van der Waals surface area contributed by atoms with Gasteiger partial charge in [-0.15, -0.1) is 0 Å². The Morgan fingerprint density at radius 2 is 1.83 bits per heavy atom. The zero-order chi connectivity index (χ0) is 21.7. The summed E-state index contributed by atoms with van der Waals surface area (Å²) in [6, 6.07) is 16.6. The van der Waals surface area contributed by atoms with E-state index in [9.17, 15) is 18.0 Å². The summed E-state index contributed by atoms with van der Waals surface area (Å²) in [6.45, 7) is 1.89. The number of aryl methyl sites for hydroxylation is 1. The summed E-state index contributed by atoms with van der Waals surface area (Å²) >= 11 is 1.07. The molecule has 0 saturated heterocycles. The third-order valence-electron chi connectivity index (χ3n) is 4.26. The predicted octanol–water partition coefficient (Wildman–Crippen LogP) is 5.89. The molecule has 0 aliphatic carbocycles. The largest absolute Gasteiger partial charge is 0.495 e. The first kappa shape index (κ1) is 21.7. The molecule has 1 aromatic heterocycles. The number of hydrogen-bond acceptors (Lipinski definition) is 4. The summed E-state index contributed by atoms with van der Waals surface area (Å²) in [5, 5.41) is 2.45. The highest BCUT2D eigenvalue weighted by molar-refractivity contribution is 8.00. The van der Waals surface area contributed by atoms with Gasteiger partial charge in [0.15, 0.2) is 0 Å². The summed E-state index contributed by atoms with van der Waals surface area (Å²) < 4.78 is 43.7. The van der Waals surface area contributed by atoms with Gasteiger partial charge in [0.05, 0.1) is 23.4 Å². The van der Waals surface area contributed by atoms with Gasteiger partial charge in [-0.05, 0) is 42.3 Å². The number of alkyl halides is 3. The molecule has 0 radical (unpaired) electrons. The Hall–Kier alpha value is -3.00. The van der Waals surface area contributed by atoms with Crippen molar-refractivity contribution in [3.05, 3.63) is 83.6 Å². The van der Waals surface area contributed by atoms with Gasteiger partial charge >= 0.3 is 6.18 Å². The van der Waals surface area contributed by atoms with Crippen LogP contribution in [0.1, 0.15) is 21.9 Å². The van der Waals surface area contributed by atoms with Crippen LogP contribution >= 0.6 is 11.8 Å². The third kappa shape index (κ3) is 5.33. The molecule has 156 valence electrons. The quantitative estimate of drug-likeness (QED) is 0.494. The fourth-order valence-electron chi connectivity index (χ4n) is 2.76. The fraction of sp³-hybridized carbons (Fsp3) is 0.182. The number of rotatable bonds is 6. The molecule has 30 heavy (non-hydrogen) atoms. The molecule has 1 N–H and O–H groups in total. The van der Waals surface area contributed by atoms with Crippen molar-refractivity contribution < 1.29 is 22.7 Å². The minimum Gasteiger partial charge on any atom is -0.495 e. The van der Waals surface area contributed by atoms with Gasteiger partial charge in [0, 0.05) is 6.20 Å². The summed E-state index contributed by atoms with van der Waals surface area (Å²) in [5.74, 6) is 0.176. The van der Waals surface area contributed by atoms with Gasteiger partial charge in [0.2, 0.25) is 5.91 Å².